The second-order valence-electron chi connectivity index (χ2n) is 10.8. The van der Waals surface area contributed by atoms with Crippen LogP contribution in [0.15, 0.2) is 17.1 Å². The molecule has 6 aliphatic rings. The topological polar surface area (TPSA) is 164 Å². The van der Waals surface area contributed by atoms with Gasteiger partial charge in [0, 0.05) is 22.1 Å². The predicted octanol–water partition coefficient (Wildman–Crippen LogP) is 0.0900. The van der Waals surface area contributed by atoms with Crippen LogP contribution in [-0.2, 0) is 21.4 Å². The number of fused-ring (bicyclic) bond motifs is 3. The molecular formula is C22H28N4O5S. The first-order chi connectivity index (χ1) is 14.9. The van der Waals surface area contributed by atoms with Crippen molar-refractivity contribution in [2.24, 2.45) is 45.0 Å². The van der Waals surface area contributed by atoms with E-state index in [1.54, 1.807) is 0 Å². The molecule has 0 unspecified atom stereocenters. The van der Waals surface area contributed by atoms with Gasteiger partial charge in [-0.15, -0.1) is 0 Å². The molecule has 1 aromatic heterocycles. The molecule has 9 nitrogen and oxygen atoms in total. The normalized spacial score (nSPS) is 47.6. The van der Waals surface area contributed by atoms with Gasteiger partial charge in [-0.2, -0.15) is 4.99 Å². The Balaban J connectivity index is 1.67. The summed E-state index contributed by atoms with van der Waals surface area (Å²) < 4.78 is 6.02. The predicted molar refractivity (Wildman–Crippen MR) is 116 cm³/mol. The van der Waals surface area contributed by atoms with Crippen LogP contribution in [0.2, 0.25) is 0 Å². The number of thiazole rings is 1. The number of ether oxygens (including phenoxy) is 1. The van der Waals surface area contributed by atoms with Gasteiger partial charge in [-0.1, -0.05) is 31.8 Å². The van der Waals surface area contributed by atoms with Crippen molar-refractivity contribution in [3.05, 3.63) is 22.7 Å². The lowest BCUT2D eigenvalue weighted by molar-refractivity contribution is -0.429. The van der Waals surface area contributed by atoms with Gasteiger partial charge in [-0.3, -0.25) is 4.79 Å². The number of Topliss-reactive ketones (excluding diaryl/α,β-unsaturated/α-hetero) is 1. The van der Waals surface area contributed by atoms with Crippen LogP contribution in [0.3, 0.4) is 0 Å². The number of carbonyl (C=O) groups excluding carboxylic acids is 1. The van der Waals surface area contributed by atoms with E-state index in [2.05, 4.69) is 25.4 Å². The SMILES string of the molecule is C=C1C(=O)[C@]23[C@H](O)[C@H]1CC[C@H]2[C@@]12CO[C@]3(O)[C@@H](O)[C@@H]1C(C)(C)Cc1sc(N=C(N)N)nc12. The summed E-state index contributed by atoms with van der Waals surface area (Å²) in [4.78, 5) is 23.6. The zero-order valence-electron chi connectivity index (χ0n) is 18.0. The highest BCUT2D eigenvalue weighted by Crippen LogP contribution is 2.75. The number of hydrogen-bond acceptors (Lipinski definition) is 8. The molecule has 0 aromatic carbocycles. The van der Waals surface area contributed by atoms with E-state index in [0.29, 0.717) is 35.7 Å². The number of rotatable bonds is 1. The average molecular weight is 461 g/mol. The van der Waals surface area contributed by atoms with E-state index < -0.39 is 57.8 Å². The largest absolute Gasteiger partial charge is 0.391 e. The first-order valence-corrected chi connectivity index (χ1v) is 11.8. The minimum atomic E-state index is -2.19. The average Bonchev–Trinajstić information content (AvgIpc) is 3.12. The maximum Gasteiger partial charge on any atom is 0.212 e. The summed E-state index contributed by atoms with van der Waals surface area (Å²) in [6, 6.07) is 0. The van der Waals surface area contributed by atoms with Crippen molar-refractivity contribution in [3.8, 4) is 0 Å². The number of guanidine groups is 1. The van der Waals surface area contributed by atoms with E-state index >= 15 is 0 Å². The lowest BCUT2D eigenvalue weighted by Crippen LogP contribution is -2.85. The molecule has 1 aromatic rings. The number of aromatic nitrogens is 1. The van der Waals surface area contributed by atoms with Crippen molar-refractivity contribution in [1.82, 2.24) is 4.98 Å². The molecule has 172 valence electrons. The highest BCUT2D eigenvalue weighted by Gasteiger charge is 2.86. The Morgan fingerprint density at radius 2 is 2.00 bits per heavy atom. The molecule has 32 heavy (non-hydrogen) atoms. The molecule has 2 spiro atoms. The summed E-state index contributed by atoms with van der Waals surface area (Å²) in [5.74, 6) is -4.04. The summed E-state index contributed by atoms with van der Waals surface area (Å²) in [5.41, 5.74) is 9.23. The number of nitrogens with zero attached hydrogens (tertiary/aromatic N) is 2. The van der Waals surface area contributed by atoms with E-state index in [1.807, 2.05) is 0 Å². The van der Waals surface area contributed by atoms with Crippen molar-refractivity contribution in [2.75, 3.05) is 6.61 Å². The summed E-state index contributed by atoms with van der Waals surface area (Å²) in [6.07, 6.45) is -0.771. The number of aliphatic imine (C=N–C) groups is 1. The van der Waals surface area contributed by atoms with Gasteiger partial charge >= 0.3 is 0 Å². The molecular weight excluding hydrogens is 432 g/mol. The second-order valence-corrected chi connectivity index (χ2v) is 11.9. The van der Waals surface area contributed by atoms with Gasteiger partial charge in [0.2, 0.25) is 10.9 Å². The van der Waals surface area contributed by atoms with Crippen molar-refractivity contribution in [1.29, 1.82) is 0 Å². The van der Waals surface area contributed by atoms with Gasteiger partial charge in [-0.05, 0) is 36.2 Å². The first-order valence-electron chi connectivity index (χ1n) is 11.0. The Hall–Kier alpha value is -1.85. The Kier molecular flexibility index (Phi) is 3.75. The van der Waals surface area contributed by atoms with Gasteiger partial charge in [0.25, 0.3) is 0 Å². The third-order valence-electron chi connectivity index (χ3n) is 9.11. The monoisotopic (exact) mass is 460 g/mol. The molecule has 0 radical (unpaired) electrons. The quantitative estimate of drug-likeness (QED) is 0.223. The van der Waals surface area contributed by atoms with Crippen LogP contribution < -0.4 is 11.5 Å². The van der Waals surface area contributed by atoms with E-state index in [-0.39, 0.29) is 12.6 Å². The molecule has 4 aliphatic carbocycles. The van der Waals surface area contributed by atoms with Crippen LogP contribution in [0.25, 0.3) is 0 Å². The fourth-order valence-electron chi connectivity index (χ4n) is 8.24. The molecule has 2 aliphatic heterocycles. The zero-order chi connectivity index (χ0) is 23.0. The third kappa shape index (κ3) is 1.91. The highest BCUT2D eigenvalue weighted by atomic mass is 32.1. The summed E-state index contributed by atoms with van der Waals surface area (Å²) in [6.45, 7) is 8.15. The Morgan fingerprint density at radius 1 is 1.28 bits per heavy atom. The number of aliphatic hydroxyl groups is 3. The van der Waals surface area contributed by atoms with Gasteiger partial charge in [0.1, 0.15) is 11.5 Å². The number of nitrogens with two attached hydrogens (primary N) is 2. The first kappa shape index (κ1) is 20.7. The minimum absolute atomic E-state index is 0.0935. The molecule has 3 heterocycles. The Labute approximate surface area is 189 Å². The summed E-state index contributed by atoms with van der Waals surface area (Å²) in [5, 5.41) is 35.4. The molecule has 7 N–H and O–H groups in total. The Morgan fingerprint density at radius 3 is 2.69 bits per heavy atom. The highest BCUT2D eigenvalue weighted by molar-refractivity contribution is 7.15. The van der Waals surface area contributed by atoms with Gasteiger partial charge in [0.05, 0.1) is 18.4 Å². The number of hydrogen-bond donors (Lipinski definition) is 5. The van der Waals surface area contributed by atoms with E-state index in [1.165, 1.54) is 11.3 Å². The van der Waals surface area contributed by atoms with Gasteiger partial charge in [0.15, 0.2) is 11.7 Å². The molecule has 2 saturated heterocycles. The fourth-order valence-corrected chi connectivity index (χ4v) is 9.52. The number of carbonyl (C=O) groups is 1. The third-order valence-corrected chi connectivity index (χ3v) is 10.1. The van der Waals surface area contributed by atoms with Gasteiger partial charge in [-0.25, -0.2) is 4.98 Å². The summed E-state index contributed by atoms with van der Waals surface area (Å²) in [7, 11) is 0. The van der Waals surface area contributed by atoms with Crippen molar-refractivity contribution < 1.29 is 24.9 Å². The van der Waals surface area contributed by atoms with Crippen LogP contribution in [-0.4, -0.2) is 56.6 Å². The smallest absolute Gasteiger partial charge is 0.212 e. The van der Waals surface area contributed by atoms with E-state index in [4.69, 9.17) is 21.2 Å². The minimum Gasteiger partial charge on any atom is -0.391 e. The van der Waals surface area contributed by atoms with Gasteiger partial charge < -0.3 is 31.5 Å². The fraction of sp³-hybridized carbons (Fsp3) is 0.682. The molecule has 7 rings (SSSR count). The standard InChI is InChI=1S/C22H28N4O5S/c1-8-9-4-5-11-20-7-31-22(30,21(11,14(8)27)15(9)28)16(29)12(20)19(2,3)6-10-13(20)25-18(32-10)26-17(23)24/h9,11-12,15-16,28-30H,1,4-7H2,2-3H3,(H4,23,24,25,26)/t9-,11-,12+,15+,16-,20-,21-,22+/m0/s1. The van der Waals surface area contributed by atoms with Crippen molar-refractivity contribution in [2.45, 2.75) is 56.5 Å². The van der Waals surface area contributed by atoms with Crippen LogP contribution in [0.5, 0.6) is 0 Å². The molecule has 5 fully saturated rings. The summed E-state index contributed by atoms with van der Waals surface area (Å²) >= 11 is 1.39. The second kappa shape index (κ2) is 5.79. The molecule has 8 atom stereocenters. The van der Waals surface area contributed by atoms with E-state index in [9.17, 15) is 20.1 Å². The van der Waals surface area contributed by atoms with Crippen LogP contribution in [0, 0.1) is 28.6 Å². The van der Waals surface area contributed by atoms with Crippen LogP contribution >= 0.6 is 11.3 Å². The van der Waals surface area contributed by atoms with Crippen molar-refractivity contribution >= 4 is 28.2 Å². The maximum atomic E-state index is 13.7. The zero-order valence-corrected chi connectivity index (χ0v) is 18.9. The lowest BCUT2D eigenvalue weighted by atomic mass is 9.36. The molecule has 3 saturated carbocycles. The number of ketones is 1. The van der Waals surface area contributed by atoms with Crippen molar-refractivity contribution in [3.63, 3.8) is 0 Å². The van der Waals surface area contributed by atoms with E-state index in [0.717, 1.165) is 4.88 Å². The lowest BCUT2D eigenvalue weighted by Gasteiger charge is -2.73. The molecule has 4 bridgehead atoms. The molecule has 10 heteroatoms. The molecule has 0 amide bonds. The Bertz CT molecular complexity index is 1110. The van der Waals surface area contributed by atoms with Crippen LogP contribution in [0.4, 0.5) is 5.13 Å². The number of aliphatic hydroxyl groups excluding tert-OH is 2. The maximum absolute atomic E-state index is 13.7. The van der Waals surface area contributed by atoms with Crippen LogP contribution in [0.1, 0.15) is 37.3 Å².